The quantitative estimate of drug-likeness (QED) is 0.526. The van der Waals surface area contributed by atoms with Gasteiger partial charge in [-0.1, -0.05) is 18.2 Å². The van der Waals surface area contributed by atoms with E-state index < -0.39 is 11.7 Å². The standard InChI is InChI=1S/C23H21F3N4O/c1-13-6-3-9-17(14(13)2)28-21-20-18(10-5-11-19(20)31)29-22(30-21)27-16-8-4-7-15(12-16)23(24,25)26/h3-4,6-9,12H,5,10-11H2,1-2H3,(H2,27,28,29,30). The van der Waals surface area contributed by atoms with Crippen LogP contribution in [0.2, 0.25) is 0 Å². The fourth-order valence-corrected chi connectivity index (χ4v) is 3.59. The molecule has 8 heteroatoms. The van der Waals surface area contributed by atoms with Crippen molar-refractivity contribution in [2.75, 3.05) is 10.6 Å². The monoisotopic (exact) mass is 426 g/mol. The van der Waals surface area contributed by atoms with Crippen LogP contribution in [0.15, 0.2) is 42.5 Å². The fraction of sp³-hybridized carbons (Fsp3) is 0.261. The first kappa shape index (κ1) is 20.8. The Labute approximate surface area is 177 Å². The van der Waals surface area contributed by atoms with Crippen molar-refractivity contribution >= 4 is 28.9 Å². The van der Waals surface area contributed by atoms with Gasteiger partial charge < -0.3 is 10.6 Å². The van der Waals surface area contributed by atoms with E-state index in [4.69, 9.17) is 0 Å². The highest BCUT2D eigenvalue weighted by Gasteiger charge is 2.30. The Morgan fingerprint density at radius 2 is 1.74 bits per heavy atom. The molecule has 0 spiro atoms. The highest BCUT2D eigenvalue weighted by Crippen LogP contribution is 2.33. The molecular formula is C23H21F3N4O. The second kappa shape index (κ2) is 8.02. The number of alkyl halides is 3. The van der Waals surface area contributed by atoms with Crippen molar-refractivity contribution in [2.24, 2.45) is 0 Å². The van der Waals surface area contributed by atoms with E-state index >= 15 is 0 Å². The summed E-state index contributed by atoms with van der Waals surface area (Å²) in [7, 11) is 0. The highest BCUT2D eigenvalue weighted by atomic mass is 19.4. The van der Waals surface area contributed by atoms with E-state index in [1.54, 1.807) is 0 Å². The van der Waals surface area contributed by atoms with Crippen LogP contribution in [0.5, 0.6) is 0 Å². The van der Waals surface area contributed by atoms with E-state index in [1.165, 1.54) is 12.1 Å². The molecule has 4 rings (SSSR count). The summed E-state index contributed by atoms with van der Waals surface area (Å²) in [5, 5.41) is 6.10. The van der Waals surface area contributed by atoms with Gasteiger partial charge in [-0.3, -0.25) is 4.79 Å². The third kappa shape index (κ3) is 4.38. The van der Waals surface area contributed by atoms with Crippen LogP contribution in [-0.4, -0.2) is 15.8 Å². The minimum atomic E-state index is -4.45. The number of halogens is 3. The van der Waals surface area contributed by atoms with Crippen LogP contribution in [0.4, 0.5) is 36.3 Å². The predicted octanol–water partition coefficient (Wildman–Crippen LogP) is 6.12. The van der Waals surface area contributed by atoms with E-state index in [2.05, 4.69) is 20.6 Å². The molecule has 0 radical (unpaired) electrons. The number of carbonyl (C=O) groups is 1. The average Bonchev–Trinajstić information content (AvgIpc) is 2.71. The van der Waals surface area contributed by atoms with Gasteiger partial charge in [-0.25, -0.2) is 4.98 Å². The van der Waals surface area contributed by atoms with Crippen LogP contribution in [0.3, 0.4) is 0 Å². The summed E-state index contributed by atoms with van der Waals surface area (Å²) in [5.74, 6) is 0.457. The molecule has 0 unspecified atom stereocenters. The van der Waals surface area contributed by atoms with Crippen molar-refractivity contribution < 1.29 is 18.0 Å². The Bertz CT molecular complexity index is 1160. The molecule has 1 aliphatic carbocycles. The lowest BCUT2D eigenvalue weighted by atomic mass is 9.95. The summed E-state index contributed by atoms with van der Waals surface area (Å²) in [6.07, 6.45) is -2.76. The maximum absolute atomic E-state index is 13.0. The summed E-state index contributed by atoms with van der Waals surface area (Å²) in [4.78, 5) is 21.5. The van der Waals surface area contributed by atoms with Crippen LogP contribution in [0.1, 0.15) is 45.6 Å². The molecule has 5 nitrogen and oxygen atoms in total. The number of hydrogen-bond acceptors (Lipinski definition) is 5. The number of aryl methyl sites for hydroxylation is 2. The summed E-state index contributed by atoms with van der Waals surface area (Å²) in [6, 6.07) is 10.6. The number of Topliss-reactive ketones (excluding diaryl/α,β-unsaturated/α-hetero) is 1. The summed E-state index contributed by atoms with van der Waals surface area (Å²) in [5.41, 5.74) is 3.40. The molecule has 0 bridgehead atoms. The van der Waals surface area contributed by atoms with Gasteiger partial charge in [0.1, 0.15) is 5.82 Å². The summed E-state index contributed by atoms with van der Waals surface area (Å²) in [6.45, 7) is 3.96. The Hall–Kier alpha value is -3.42. The predicted molar refractivity (Wildman–Crippen MR) is 113 cm³/mol. The number of fused-ring (bicyclic) bond motifs is 1. The number of hydrogen-bond donors (Lipinski definition) is 2. The first-order valence-electron chi connectivity index (χ1n) is 9.94. The third-order valence-corrected chi connectivity index (χ3v) is 5.38. The first-order valence-corrected chi connectivity index (χ1v) is 9.94. The minimum absolute atomic E-state index is 0.0420. The number of aromatic nitrogens is 2. The van der Waals surface area contributed by atoms with Crippen molar-refractivity contribution in [3.8, 4) is 0 Å². The number of ketones is 1. The van der Waals surface area contributed by atoms with E-state index in [9.17, 15) is 18.0 Å². The van der Waals surface area contributed by atoms with Crippen molar-refractivity contribution in [3.05, 3.63) is 70.4 Å². The lowest BCUT2D eigenvalue weighted by molar-refractivity contribution is -0.137. The van der Waals surface area contributed by atoms with Gasteiger partial charge in [0.15, 0.2) is 5.78 Å². The maximum atomic E-state index is 13.0. The zero-order valence-corrected chi connectivity index (χ0v) is 17.1. The van der Waals surface area contributed by atoms with Gasteiger partial charge in [-0.05, 0) is 62.1 Å². The van der Waals surface area contributed by atoms with Crippen LogP contribution in [0, 0.1) is 13.8 Å². The SMILES string of the molecule is Cc1cccc(Nc2nc(Nc3cccc(C(F)(F)F)c3)nc3c2C(=O)CCC3)c1C. The number of benzene rings is 2. The molecule has 1 heterocycles. The molecule has 160 valence electrons. The first-order chi connectivity index (χ1) is 14.7. The van der Waals surface area contributed by atoms with Gasteiger partial charge in [0.05, 0.1) is 16.8 Å². The van der Waals surface area contributed by atoms with Crippen LogP contribution in [0.25, 0.3) is 0 Å². The minimum Gasteiger partial charge on any atom is -0.339 e. The number of nitrogens with one attached hydrogen (secondary N) is 2. The normalized spacial score (nSPS) is 13.6. The van der Waals surface area contributed by atoms with Gasteiger partial charge in [0.2, 0.25) is 5.95 Å². The molecule has 3 aromatic rings. The Morgan fingerprint density at radius 1 is 0.968 bits per heavy atom. The van der Waals surface area contributed by atoms with Gasteiger partial charge in [-0.2, -0.15) is 18.2 Å². The van der Waals surface area contributed by atoms with Crippen LogP contribution >= 0.6 is 0 Å². The van der Waals surface area contributed by atoms with Crippen LogP contribution < -0.4 is 10.6 Å². The molecule has 0 aliphatic heterocycles. The Kier molecular flexibility index (Phi) is 5.39. The molecule has 0 saturated carbocycles. The average molecular weight is 426 g/mol. The lowest BCUT2D eigenvalue weighted by Gasteiger charge is -2.20. The molecule has 1 aliphatic rings. The molecule has 2 N–H and O–H groups in total. The zero-order chi connectivity index (χ0) is 22.2. The molecule has 0 amide bonds. The lowest BCUT2D eigenvalue weighted by Crippen LogP contribution is -2.18. The Balaban J connectivity index is 1.74. The van der Waals surface area contributed by atoms with Crippen molar-refractivity contribution in [1.82, 2.24) is 9.97 Å². The molecule has 0 saturated heterocycles. The largest absolute Gasteiger partial charge is 0.416 e. The molecule has 0 fully saturated rings. The van der Waals surface area contributed by atoms with E-state index in [0.29, 0.717) is 36.3 Å². The fourth-order valence-electron chi connectivity index (χ4n) is 3.59. The third-order valence-electron chi connectivity index (χ3n) is 5.38. The topological polar surface area (TPSA) is 66.9 Å². The molecule has 31 heavy (non-hydrogen) atoms. The van der Waals surface area contributed by atoms with E-state index in [-0.39, 0.29) is 17.4 Å². The number of anilines is 4. The number of carbonyl (C=O) groups excluding carboxylic acids is 1. The van der Waals surface area contributed by atoms with Crippen molar-refractivity contribution in [3.63, 3.8) is 0 Å². The van der Waals surface area contributed by atoms with Crippen molar-refractivity contribution in [1.29, 1.82) is 0 Å². The van der Waals surface area contributed by atoms with Gasteiger partial charge in [-0.15, -0.1) is 0 Å². The summed E-state index contributed by atoms with van der Waals surface area (Å²) < 4.78 is 39.1. The highest BCUT2D eigenvalue weighted by molar-refractivity contribution is 6.03. The van der Waals surface area contributed by atoms with Crippen LogP contribution in [-0.2, 0) is 12.6 Å². The second-order valence-corrected chi connectivity index (χ2v) is 7.57. The number of rotatable bonds is 4. The van der Waals surface area contributed by atoms with Crippen molar-refractivity contribution in [2.45, 2.75) is 39.3 Å². The zero-order valence-electron chi connectivity index (χ0n) is 17.1. The smallest absolute Gasteiger partial charge is 0.339 e. The summed E-state index contributed by atoms with van der Waals surface area (Å²) >= 11 is 0. The maximum Gasteiger partial charge on any atom is 0.416 e. The molecule has 1 aromatic heterocycles. The van der Waals surface area contributed by atoms with Gasteiger partial charge in [0, 0.05) is 17.8 Å². The Morgan fingerprint density at radius 3 is 2.52 bits per heavy atom. The number of nitrogens with zero attached hydrogens (tertiary/aromatic N) is 2. The van der Waals surface area contributed by atoms with E-state index in [0.717, 1.165) is 28.9 Å². The van der Waals surface area contributed by atoms with Gasteiger partial charge >= 0.3 is 6.18 Å². The second-order valence-electron chi connectivity index (χ2n) is 7.57. The molecule has 2 aromatic carbocycles. The molecule has 0 atom stereocenters. The van der Waals surface area contributed by atoms with E-state index in [1.807, 2.05) is 32.0 Å². The molecular weight excluding hydrogens is 405 g/mol. The van der Waals surface area contributed by atoms with Gasteiger partial charge in [0.25, 0.3) is 0 Å².